The van der Waals surface area contributed by atoms with Crippen molar-refractivity contribution in [3.63, 3.8) is 0 Å². The van der Waals surface area contributed by atoms with Crippen molar-refractivity contribution in [3.05, 3.63) is 14.7 Å². The summed E-state index contributed by atoms with van der Waals surface area (Å²) >= 11 is 4.42. The zero-order valence-corrected chi connectivity index (χ0v) is 15.9. The lowest BCUT2D eigenvalue weighted by molar-refractivity contribution is 0.0767. The van der Waals surface area contributed by atoms with E-state index < -0.39 is 10.0 Å². The fraction of sp³-hybridized carbons (Fsp3) is 0.615. The quantitative estimate of drug-likeness (QED) is 0.711. The van der Waals surface area contributed by atoms with Gasteiger partial charge >= 0.3 is 0 Å². The van der Waals surface area contributed by atoms with E-state index in [9.17, 15) is 13.2 Å². The lowest BCUT2D eigenvalue weighted by Gasteiger charge is -2.19. The fourth-order valence-corrected chi connectivity index (χ4v) is 5.11. The first kappa shape index (κ1) is 18.6. The van der Waals surface area contributed by atoms with Gasteiger partial charge in [-0.3, -0.25) is 4.79 Å². The van der Waals surface area contributed by atoms with Crippen molar-refractivity contribution in [2.24, 2.45) is 0 Å². The summed E-state index contributed by atoms with van der Waals surface area (Å²) in [4.78, 5) is 14.8. The van der Waals surface area contributed by atoms with E-state index in [0.29, 0.717) is 21.8 Å². The van der Waals surface area contributed by atoms with Gasteiger partial charge in [0.25, 0.3) is 5.91 Å². The highest BCUT2D eigenvalue weighted by molar-refractivity contribution is 9.11. The standard InChI is InChI=1S/C13H21BrN2O3S2/c1-5-7-8-16(6-2)13(17)10-9-11(12(14)20-10)21(18,19)15(3)4/h9H,5-8H2,1-4H3. The van der Waals surface area contributed by atoms with Crippen LogP contribution in [-0.4, -0.2) is 50.7 Å². The van der Waals surface area contributed by atoms with Crippen LogP contribution in [0.2, 0.25) is 0 Å². The Morgan fingerprint density at radius 1 is 1.33 bits per heavy atom. The van der Waals surface area contributed by atoms with Crippen LogP contribution in [0.3, 0.4) is 0 Å². The Bertz CT molecular complexity index is 597. The number of nitrogens with zero attached hydrogens (tertiary/aromatic N) is 2. The summed E-state index contributed by atoms with van der Waals surface area (Å²) < 4.78 is 26.0. The van der Waals surface area contributed by atoms with Crippen LogP contribution in [0, 0.1) is 0 Å². The molecule has 0 saturated heterocycles. The SMILES string of the molecule is CCCCN(CC)C(=O)c1cc(S(=O)(=O)N(C)C)c(Br)s1. The van der Waals surface area contributed by atoms with Crippen LogP contribution in [-0.2, 0) is 10.0 Å². The minimum Gasteiger partial charge on any atom is -0.338 e. The number of carbonyl (C=O) groups is 1. The summed E-state index contributed by atoms with van der Waals surface area (Å²) in [5, 5.41) is 0. The smallest absolute Gasteiger partial charge is 0.263 e. The molecule has 0 unspecified atom stereocenters. The molecule has 0 saturated carbocycles. The van der Waals surface area contributed by atoms with Gasteiger partial charge in [0, 0.05) is 27.2 Å². The summed E-state index contributed by atoms with van der Waals surface area (Å²) in [6.07, 6.45) is 1.95. The van der Waals surface area contributed by atoms with Gasteiger partial charge in [-0.2, -0.15) is 0 Å². The molecular weight excluding hydrogens is 376 g/mol. The highest BCUT2D eigenvalue weighted by Crippen LogP contribution is 2.33. The van der Waals surface area contributed by atoms with Crippen molar-refractivity contribution >= 4 is 43.2 Å². The predicted molar refractivity (Wildman–Crippen MR) is 89.4 cm³/mol. The molecular formula is C13H21BrN2O3S2. The molecule has 1 aromatic heterocycles. The number of sulfonamides is 1. The van der Waals surface area contributed by atoms with Crippen molar-refractivity contribution in [3.8, 4) is 0 Å². The van der Waals surface area contributed by atoms with Crippen molar-refractivity contribution in [1.82, 2.24) is 9.21 Å². The summed E-state index contributed by atoms with van der Waals surface area (Å²) in [5.41, 5.74) is 0. The molecule has 0 fully saturated rings. The Labute approximate surface area is 139 Å². The summed E-state index contributed by atoms with van der Waals surface area (Å²) in [6, 6.07) is 1.46. The molecule has 1 rings (SSSR count). The monoisotopic (exact) mass is 396 g/mol. The number of carbonyl (C=O) groups excluding carboxylic acids is 1. The minimum absolute atomic E-state index is 0.114. The highest BCUT2D eigenvalue weighted by atomic mass is 79.9. The molecule has 21 heavy (non-hydrogen) atoms. The van der Waals surface area contributed by atoms with Crippen LogP contribution in [0.5, 0.6) is 0 Å². The van der Waals surface area contributed by atoms with Crippen LogP contribution in [0.4, 0.5) is 0 Å². The van der Waals surface area contributed by atoms with Gasteiger partial charge in [0.05, 0.1) is 8.66 Å². The van der Waals surface area contributed by atoms with Gasteiger partial charge in [-0.25, -0.2) is 12.7 Å². The molecule has 8 heteroatoms. The summed E-state index contributed by atoms with van der Waals surface area (Å²) in [5.74, 6) is -0.114. The fourth-order valence-electron chi connectivity index (χ4n) is 1.74. The molecule has 120 valence electrons. The molecule has 0 atom stereocenters. The van der Waals surface area contributed by atoms with E-state index in [1.807, 2.05) is 6.92 Å². The third-order valence-corrected chi connectivity index (χ3v) is 7.13. The molecule has 0 N–H and O–H groups in total. The Morgan fingerprint density at radius 3 is 2.43 bits per heavy atom. The van der Waals surface area contributed by atoms with Crippen LogP contribution in [0.15, 0.2) is 14.7 Å². The normalized spacial score (nSPS) is 11.9. The first-order valence-electron chi connectivity index (χ1n) is 6.76. The average Bonchev–Trinajstić information content (AvgIpc) is 2.81. The van der Waals surface area contributed by atoms with Gasteiger partial charge in [0.2, 0.25) is 10.0 Å². The molecule has 5 nitrogen and oxygen atoms in total. The molecule has 0 aliphatic carbocycles. The molecule has 0 bridgehead atoms. The third kappa shape index (κ3) is 4.28. The van der Waals surface area contributed by atoms with Crippen molar-refractivity contribution in [2.75, 3.05) is 27.2 Å². The van der Waals surface area contributed by atoms with Crippen LogP contribution in [0.25, 0.3) is 0 Å². The number of unbranched alkanes of at least 4 members (excludes halogenated alkanes) is 1. The number of hydrogen-bond donors (Lipinski definition) is 0. The number of amides is 1. The molecule has 1 heterocycles. The van der Waals surface area contributed by atoms with Crippen molar-refractivity contribution in [1.29, 1.82) is 0 Å². The second-order valence-electron chi connectivity index (χ2n) is 4.77. The van der Waals surface area contributed by atoms with E-state index in [2.05, 4.69) is 22.9 Å². The van der Waals surface area contributed by atoms with Gasteiger partial charge in [0.15, 0.2) is 0 Å². The molecule has 0 aliphatic rings. The van der Waals surface area contributed by atoms with E-state index >= 15 is 0 Å². The molecule has 0 radical (unpaired) electrons. The molecule has 0 aliphatic heterocycles. The number of thiophene rings is 1. The van der Waals surface area contributed by atoms with Crippen LogP contribution < -0.4 is 0 Å². The van der Waals surface area contributed by atoms with E-state index in [1.165, 1.54) is 20.2 Å². The number of halogens is 1. The Morgan fingerprint density at radius 2 is 1.95 bits per heavy atom. The van der Waals surface area contributed by atoms with Gasteiger partial charge < -0.3 is 4.90 Å². The second-order valence-corrected chi connectivity index (χ2v) is 9.26. The van der Waals surface area contributed by atoms with E-state index in [1.54, 1.807) is 4.90 Å². The first-order valence-corrected chi connectivity index (χ1v) is 9.81. The lowest BCUT2D eigenvalue weighted by atomic mass is 10.3. The first-order chi connectivity index (χ1) is 9.75. The Hall–Kier alpha value is -0.440. The van der Waals surface area contributed by atoms with E-state index in [-0.39, 0.29) is 10.8 Å². The molecule has 0 spiro atoms. The maximum atomic E-state index is 12.5. The Kier molecular flexibility index (Phi) is 6.83. The maximum Gasteiger partial charge on any atom is 0.263 e. The van der Waals surface area contributed by atoms with Crippen LogP contribution >= 0.6 is 27.3 Å². The maximum absolute atomic E-state index is 12.5. The Balaban J connectivity index is 3.09. The zero-order chi connectivity index (χ0) is 16.2. The number of rotatable bonds is 7. The second kappa shape index (κ2) is 7.71. The predicted octanol–water partition coefficient (Wildman–Crippen LogP) is 3.02. The van der Waals surface area contributed by atoms with Gasteiger partial charge in [-0.15, -0.1) is 11.3 Å². The molecule has 0 aromatic carbocycles. The van der Waals surface area contributed by atoms with Crippen molar-refractivity contribution < 1.29 is 13.2 Å². The highest BCUT2D eigenvalue weighted by Gasteiger charge is 2.26. The van der Waals surface area contributed by atoms with Gasteiger partial charge in [0.1, 0.15) is 4.90 Å². The summed E-state index contributed by atoms with van der Waals surface area (Å²) in [7, 11) is -0.598. The molecule has 1 amide bonds. The third-order valence-electron chi connectivity index (χ3n) is 3.08. The molecule has 1 aromatic rings. The number of hydrogen-bond acceptors (Lipinski definition) is 4. The average molecular weight is 397 g/mol. The van der Waals surface area contributed by atoms with E-state index in [4.69, 9.17) is 0 Å². The minimum atomic E-state index is -3.54. The van der Waals surface area contributed by atoms with E-state index in [0.717, 1.165) is 28.5 Å². The summed E-state index contributed by atoms with van der Waals surface area (Å²) in [6.45, 7) is 5.30. The largest absolute Gasteiger partial charge is 0.338 e. The lowest BCUT2D eigenvalue weighted by Crippen LogP contribution is -2.31. The van der Waals surface area contributed by atoms with Gasteiger partial charge in [-0.05, 0) is 35.3 Å². The topological polar surface area (TPSA) is 57.7 Å². The zero-order valence-electron chi connectivity index (χ0n) is 12.7. The van der Waals surface area contributed by atoms with Crippen LogP contribution in [0.1, 0.15) is 36.4 Å². The van der Waals surface area contributed by atoms with Crippen molar-refractivity contribution in [2.45, 2.75) is 31.6 Å². The van der Waals surface area contributed by atoms with Gasteiger partial charge in [-0.1, -0.05) is 13.3 Å².